The van der Waals surface area contributed by atoms with E-state index < -0.39 is 20.5 Å². The Morgan fingerprint density at radius 1 is 0.974 bits per heavy atom. The fourth-order valence-corrected chi connectivity index (χ4v) is 10.1. The Morgan fingerprint density at radius 3 is 2.08 bits per heavy atom. The zero-order valence-corrected chi connectivity index (χ0v) is 24.2. The molecule has 3 aromatic carbocycles. The lowest BCUT2D eigenvalue weighted by Gasteiger charge is -2.44. The first-order chi connectivity index (χ1) is 18.3. The van der Waals surface area contributed by atoms with Crippen molar-refractivity contribution >= 4 is 18.7 Å². The van der Waals surface area contributed by atoms with E-state index in [0.29, 0.717) is 13.2 Å². The maximum Gasteiger partial charge on any atom is 0.261 e. The Labute approximate surface area is 229 Å². The van der Waals surface area contributed by atoms with E-state index in [2.05, 4.69) is 88.0 Å². The minimum absolute atomic E-state index is 0.119. The van der Waals surface area contributed by atoms with Crippen LogP contribution in [-0.4, -0.2) is 44.9 Å². The fourth-order valence-electron chi connectivity index (χ4n) is 5.51. The summed E-state index contributed by atoms with van der Waals surface area (Å²) in [4.78, 5) is 0. The summed E-state index contributed by atoms with van der Waals surface area (Å²) < 4.78 is 19.9. The van der Waals surface area contributed by atoms with Gasteiger partial charge in [-0.2, -0.15) is 0 Å². The molecule has 1 saturated heterocycles. The van der Waals surface area contributed by atoms with Crippen LogP contribution in [0, 0.1) is 6.92 Å². The summed E-state index contributed by atoms with van der Waals surface area (Å²) in [5.41, 5.74) is 1.97. The van der Waals surface area contributed by atoms with Crippen LogP contribution in [0.2, 0.25) is 5.04 Å². The lowest BCUT2D eigenvalue weighted by Crippen LogP contribution is -2.67. The number of hydrogen-bond donors (Lipinski definition) is 1. The van der Waals surface area contributed by atoms with Gasteiger partial charge in [-0.15, -0.1) is 6.58 Å². The molecule has 1 fully saturated rings. The van der Waals surface area contributed by atoms with Crippen molar-refractivity contribution in [2.75, 3.05) is 13.2 Å². The molecule has 0 spiro atoms. The summed E-state index contributed by atoms with van der Waals surface area (Å²) in [6, 6.07) is 29.2. The lowest BCUT2D eigenvalue weighted by atomic mass is 10.0. The number of aliphatic hydroxyl groups excluding tert-OH is 1. The average Bonchev–Trinajstić information content (AvgIpc) is 2.93. The van der Waals surface area contributed by atoms with E-state index >= 15 is 0 Å². The molecule has 1 aliphatic rings. The molecule has 38 heavy (non-hydrogen) atoms. The molecule has 0 saturated carbocycles. The van der Waals surface area contributed by atoms with Crippen molar-refractivity contribution in [3.8, 4) is 0 Å². The number of hydrogen-bond acceptors (Lipinski definition) is 4. The largest absolute Gasteiger partial charge is 0.405 e. The molecule has 0 bridgehead atoms. The van der Waals surface area contributed by atoms with Gasteiger partial charge in [-0.05, 0) is 40.7 Å². The molecule has 0 aliphatic carbocycles. The van der Waals surface area contributed by atoms with Gasteiger partial charge in [-0.25, -0.2) is 0 Å². The van der Waals surface area contributed by atoms with Crippen LogP contribution in [0.1, 0.15) is 50.8 Å². The standard InChI is InChI=1S/C33H42O4Si/c1-6-29(32(34)26-21-19-25(2)20-22-26)37-30-18-13-23-35-31(30)24-36-38(33(3,4)5,27-14-9-7-10-15-27)28-16-11-8-12-17-28/h6-12,14-17,19-22,29-32,34H,1,13,18,23-24H2,2-5H3/t29-,30-,31+,32-/m0/s1. The molecular formula is C33H42O4Si. The van der Waals surface area contributed by atoms with Crippen LogP contribution in [0.4, 0.5) is 0 Å². The van der Waals surface area contributed by atoms with E-state index in [-0.39, 0.29) is 17.2 Å². The number of aryl methyl sites for hydroxylation is 1. The van der Waals surface area contributed by atoms with Crippen LogP contribution in [0.15, 0.2) is 97.6 Å². The summed E-state index contributed by atoms with van der Waals surface area (Å²) in [6.07, 6.45) is 1.67. The monoisotopic (exact) mass is 530 g/mol. The molecule has 1 N–H and O–H groups in total. The van der Waals surface area contributed by atoms with E-state index in [9.17, 15) is 5.11 Å². The molecule has 0 aromatic heterocycles. The molecule has 1 aliphatic heterocycles. The van der Waals surface area contributed by atoms with E-state index in [4.69, 9.17) is 13.9 Å². The van der Waals surface area contributed by atoms with Gasteiger partial charge in [0.05, 0.1) is 12.7 Å². The van der Waals surface area contributed by atoms with Crippen LogP contribution in [0.5, 0.6) is 0 Å². The van der Waals surface area contributed by atoms with Gasteiger partial charge in [0.1, 0.15) is 18.3 Å². The molecule has 5 heteroatoms. The van der Waals surface area contributed by atoms with Crippen molar-refractivity contribution in [3.63, 3.8) is 0 Å². The summed E-state index contributed by atoms with van der Waals surface area (Å²) in [5.74, 6) is 0. The molecular weight excluding hydrogens is 488 g/mol. The second-order valence-electron chi connectivity index (χ2n) is 11.3. The molecule has 202 valence electrons. The summed E-state index contributed by atoms with van der Waals surface area (Å²) in [5, 5.41) is 13.5. The first kappa shape index (κ1) is 28.5. The van der Waals surface area contributed by atoms with E-state index in [1.807, 2.05) is 31.2 Å². The third-order valence-electron chi connectivity index (χ3n) is 7.55. The minimum atomic E-state index is -2.70. The summed E-state index contributed by atoms with van der Waals surface area (Å²) in [7, 11) is -2.70. The van der Waals surface area contributed by atoms with Crippen molar-refractivity contribution in [2.45, 2.75) is 70.0 Å². The van der Waals surface area contributed by atoms with Crippen molar-refractivity contribution in [3.05, 3.63) is 109 Å². The first-order valence-electron chi connectivity index (χ1n) is 13.7. The highest BCUT2D eigenvalue weighted by Crippen LogP contribution is 2.37. The van der Waals surface area contributed by atoms with E-state index in [0.717, 1.165) is 24.0 Å². The van der Waals surface area contributed by atoms with Gasteiger partial charge in [0.15, 0.2) is 0 Å². The fraction of sp³-hybridized carbons (Fsp3) is 0.394. The van der Waals surface area contributed by atoms with Crippen LogP contribution in [0.3, 0.4) is 0 Å². The van der Waals surface area contributed by atoms with Crippen molar-refractivity contribution in [1.82, 2.24) is 0 Å². The molecule has 1 heterocycles. The van der Waals surface area contributed by atoms with Crippen molar-refractivity contribution < 1.29 is 19.0 Å². The summed E-state index contributed by atoms with van der Waals surface area (Å²) >= 11 is 0. The summed E-state index contributed by atoms with van der Waals surface area (Å²) in [6.45, 7) is 13.9. The highest BCUT2D eigenvalue weighted by Gasteiger charge is 2.51. The highest BCUT2D eigenvalue weighted by molar-refractivity contribution is 6.99. The predicted molar refractivity (Wildman–Crippen MR) is 158 cm³/mol. The van der Waals surface area contributed by atoms with Gasteiger partial charge in [0.25, 0.3) is 8.32 Å². The highest BCUT2D eigenvalue weighted by atomic mass is 28.4. The Bertz CT molecular complexity index is 1100. The van der Waals surface area contributed by atoms with Gasteiger partial charge < -0.3 is 19.0 Å². The third kappa shape index (κ3) is 6.19. The molecule has 4 nitrogen and oxygen atoms in total. The maximum absolute atomic E-state index is 11.1. The molecule has 4 rings (SSSR count). The zero-order chi connectivity index (χ0) is 27.2. The predicted octanol–water partition coefficient (Wildman–Crippen LogP) is 5.72. The molecule has 3 aromatic rings. The van der Waals surface area contributed by atoms with Crippen LogP contribution < -0.4 is 10.4 Å². The first-order valence-corrected chi connectivity index (χ1v) is 15.6. The minimum Gasteiger partial charge on any atom is -0.405 e. The molecule has 4 atom stereocenters. The quantitative estimate of drug-likeness (QED) is 0.269. The van der Waals surface area contributed by atoms with Crippen LogP contribution in [-0.2, 0) is 13.9 Å². The lowest BCUT2D eigenvalue weighted by molar-refractivity contribution is -0.150. The maximum atomic E-state index is 11.1. The van der Waals surface area contributed by atoms with E-state index in [1.54, 1.807) is 6.08 Å². The van der Waals surface area contributed by atoms with Crippen LogP contribution >= 0.6 is 0 Å². The van der Waals surface area contributed by atoms with Crippen molar-refractivity contribution in [2.24, 2.45) is 0 Å². The van der Waals surface area contributed by atoms with Gasteiger partial charge in [0.2, 0.25) is 0 Å². The van der Waals surface area contributed by atoms with Gasteiger partial charge >= 0.3 is 0 Å². The van der Waals surface area contributed by atoms with Crippen LogP contribution in [0.25, 0.3) is 0 Å². The molecule has 0 radical (unpaired) electrons. The third-order valence-corrected chi connectivity index (χ3v) is 12.6. The zero-order valence-electron chi connectivity index (χ0n) is 23.2. The van der Waals surface area contributed by atoms with E-state index in [1.165, 1.54) is 10.4 Å². The topological polar surface area (TPSA) is 47.9 Å². The van der Waals surface area contributed by atoms with Crippen molar-refractivity contribution in [1.29, 1.82) is 0 Å². The van der Waals surface area contributed by atoms with Gasteiger partial charge in [-0.1, -0.05) is 117 Å². The Kier molecular flexibility index (Phi) is 9.39. The smallest absolute Gasteiger partial charge is 0.261 e. The number of ether oxygens (including phenoxy) is 2. The number of rotatable bonds is 10. The average molecular weight is 531 g/mol. The Morgan fingerprint density at radius 2 is 1.55 bits per heavy atom. The Hall–Kier alpha value is -2.54. The molecule has 0 amide bonds. The Balaban J connectivity index is 1.59. The van der Waals surface area contributed by atoms with Gasteiger partial charge in [-0.3, -0.25) is 0 Å². The normalized spacial score (nSPS) is 20.0. The number of aliphatic hydroxyl groups is 1. The second-order valence-corrected chi connectivity index (χ2v) is 15.6. The van der Waals surface area contributed by atoms with Gasteiger partial charge in [0, 0.05) is 6.61 Å². The SMILES string of the molecule is C=C[C@H](O[C@H]1CCCO[C@@H]1CO[Si](c1ccccc1)(c1ccccc1)C(C)(C)C)[C@@H](O)c1ccc(C)cc1. The molecule has 0 unspecified atom stereocenters. The number of benzene rings is 3. The second kappa shape index (κ2) is 12.5.